The molecule has 0 amide bonds. The van der Waals surface area contributed by atoms with Crippen LogP contribution in [0.5, 0.6) is 11.5 Å². The van der Waals surface area contributed by atoms with Gasteiger partial charge in [-0.1, -0.05) is 6.07 Å². The first-order chi connectivity index (χ1) is 11.3. The molecule has 0 radical (unpaired) electrons. The van der Waals surface area contributed by atoms with Crippen LogP contribution in [-0.2, 0) is 0 Å². The van der Waals surface area contributed by atoms with Crippen LogP contribution in [-0.4, -0.2) is 18.2 Å². The van der Waals surface area contributed by atoms with Gasteiger partial charge in [-0.3, -0.25) is 0 Å². The quantitative estimate of drug-likeness (QED) is 0.698. The van der Waals surface area contributed by atoms with Crippen molar-refractivity contribution in [3.63, 3.8) is 0 Å². The Hall–Kier alpha value is -3.05. The molecule has 0 aliphatic heterocycles. The van der Waals surface area contributed by atoms with E-state index in [1.165, 1.54) is 0 Å². The highest BCUT2D eigenvalue weighted by Crippen LogP contribution is 2.14. The molecule has 1 aromatic carbocycles. The van der Waals surface area contributed by atoms with Gasteiger partial charge < -0.3 is 9.47 Å². The Morgan fingerprint density at radius 3 is 2.30 bits per heavy atom. The second-order valence-electron chi connectivity index (χ2n) is 4.89. The number of nitriles is 2. The van der Waals surface area contributed by atoms with E-state index < -0.39 is 0 Å². The third-order valence-corrected chi connectivity index (χ3v) is 3.14. The van der Waals surface area contributed by atoms with Gasteiger partial charge in [0.2, 0.25) is 0 Å². The molecule has 0 bridgehead atoms. The molecule has 2 rings (SSSR count). The van der Waals surface area contributed by atoms with Crippen molar-refractivity contribution in [1.29, 1.82) is 10.5 Å². The van der Waals surface area contributed by atoms with Crippen molar-refractivity contribution in [3.8, 4) is 23.6 Å². The van der Waals surface area contributed by atoms with E-state index in [2.05, 4.69) is 11.1 Å². The van der Waals surface area contributed by atoms with Crippen LogP contribution >= 0.6 is 0 Å². The summed E-state index contributed by atoms with van der Waals surface area (Å²) < 4.78 is 11.2. The molecule has 0 aliphatic carbocycles. The molecular weight excluding hydrogens is 290 g/mol. The van der Waals surface area contributed by atoms with Crippen LogP contribution in [0.4, 0.5) is 0 Å². The minimum Gasteiger partial charge on any atom is -0.494 e. The second-order valence-corrected chi connectivity index (χ2v) is 4.89. The fourth-order valence-electron chi connectivity index (χ4n) is 1.98. The lowest BCUT2D eigenvalue weighted by Gasteiger charge is -2.07. The third-order valence-electron chi connectivity index (χ3n) is 3.14. The van der Waals surface area contributed by atoms with Crippen LogP contribution in [0.25, 0.3) is 0 Å². The van der Waals surface area contributed by atoms with E-state index in [-0.39, 0.29) is 0 Å². The molecule has 0 N–H and O–H groups in total. The van der Waals surface area contributed by atoms with Gasteiger partial charge in [-0.2, -0.15) is 10.5 Å². The molecule has 5 heteroatoms. The maximum Gasteiger partial charge on any atom is 0.144 e. The van der Waals surface area contributed by atoms with Gasteiger partial charge in [0.1, 0.15) is 23.3 Å². The van der Waals surface area contributed by atoms with Crippen molar-refractivity contribution in [2.75, 3.05) is 13.2 Å². The molecule has 1 aromatic heterocycles. The van der Waals surface area contributed by atoms with Crippen LogP contribution in [0, 0.1) is 22.7 Å². The van der Waals surface area contributed by atoms with Crippen LogP contribution in [0.15, 0.2) is 42.6 Å². The average molecular weight is 307 g/mol. The Labute approximate surface area is 135 Å². The molecule has 5 nitrogen and oxygen atoms in total. The fraction of sp³-hybridized carbons (Fsp3) is 0.278. The summed E-state index contributed by atoms with van der Waals surface area (Å²) in [7, 11) is 0. The normalized spacial score (nSPS) is 9.65. The summed E-state index contributed by atoms with van der Waals surface area (Å²) in [5.74, 6) is 1.39. The molecule has 0 saturated carbocycles. The Morgan fingerprint density at radius 1 is 0.870 bits per heavy atom. The van der Waals surface area contributed by atoms with Gasteiger partial charge in [-0.25, -0.2) is 4.98 Å². The van der Waals surface area contributed by atoms with Crippen molar-refractivity contribution in [1.82, 2.24) is 4.98 Å². The highest BCUT2D eigenvalue weighted by molar-refractivity contribution is 5.36. The van der Waals surface area contributed by atoms with E-state index in [1.54, 1.807) is 30.5 Å². The van der Waals surface area contributed by atoms with Gasteiger partial charge in [0.05, 0.1) is 24.8 Å². The molecule has 0 aliphatic rings. The van der Waals surface area contributed by atoms with E-state index in [0.717, 1.165) is 25.0 Å². The van der Waals surface area contributed by atoms with Crippen LogP contribution in [0.1, 0.15) is 30.5 Å². The van der Waals surface area contributed by atoms with Gasteiger partial charge in [-0.05, 0) is 43.5 Å². The van der Waals surface area contributed by atoms with Crippen molar-refractivity contribution in [2.45, 2.75) is 19.3 Å². The van der Waals surface area contributed by atoms with E-state index in [9.17, 15) is 0 Å². The zero-order chi connectivity index (χ0) is 16.3. The zero-order valence-corrected chi connectivity index (χ0v) is 12.7. The van der Waals surface area contributed by atoms with Crippen molar-refractivity contribution >= 4 is 0 Å². The third kappa shape index (κ3) is 5.68. The van der Waals surface area contributed by atoms with Gasteiger partial charge in [0.15, 0.2) is 0 Å². The molecule has 0 fully saturated rings. The number of ether oxygens (including phenoxy) is 2. The Kier molecular flexibility index (Phi) is 6.43. The molecule has 116 valence electrons. The number of benzene rings is 1. The summed E-state index contributed by atoms with van der Waals surface area (Å²) in [5.41, 5.74) is 0.959. The maximum absolute atomic E-state index is 8.82. The number of aromatic nitrogens is 1. The molecule has 23 heavy (non-hydrogen) atoms. The minimum absolute atomic E-state index is 0.357. The number of hydrogen-bond acceptors (Lipinski definition) is 5. The van der Waals surface area contributed by atoms with E-state index >= 15 is 0 Å². The number of pyridine rings is 1. The van der Waals surface area contributed by atoms with Crippen LogP contribution in [0.3, 0.4) is 0 Å². The lowest BCUT2D eigenvalue weighted by atomic mass is 10.2. The molecule has 0 atom stereocenters. The van der Waals surface area contributed by atoms with Crippen molar-refractivity contribution in [2.24, 2.45) is 0 Å². The van der Waals surface area contributed by atoms with E-state index in [1.807, 2.05) is 18.2 Å². The van der Waals surface area contributed by atoms with Gasteiger partial charge in [0, 0.05) is 12.3 Å². The first-order valence-electron chi connectivity index (χ1n) is 7.44. The Morgan fingerprint density at radius 2 is 1.61 bits per heavy atom. The summed E-state index contributed by atoms with van der Waals surface area (Å²) in [6, 6.07) is 14.6. The maximum atomic E-state index is 8.82. The van der Waals surface area contributed by atoms with Crippen LogP contribution in [0.2, 0.25) is 0 Å². The SMILES string of the molecule is N#Cc1cccc(OCCCCCOc2ccnc(C#N)c2)c1. The van der Waals surface area contributed by atoms with E-state index in [0.29, 0.717) is 30.2 Å². The average Bonchev–Trinajstić information content (AvgIpc) is 2.61. The van der Waals surface area contributed by atoms with Gasteiger partial charge >= 0.3 is 0 Å². The first kappa shape index (κ1) is 16.3. The van der Waals surface area contributed by atoms with Crippen molar-refractivity contribution < 1.29 is 9.47 Å². The number of unbranched alkanes of at least 4 members (excludes halogenated alkanes) is 2. The summed E-state index contributed by atoms with van der Waals surface area (Å²) >= 11 is 0. The monoisotopic (exact) mass is 307 g/mol. The molecule has 0 unspecified atom stereocenters. The molecule has 2 aromatic rings. The van der Waals surface area contributed by atoms with Crippen molar-refractivity contribution in [3.05, 3.63) is 53.9 Å². The topological polar surface area (TPSA) is 78.9 Å². The molecule has 0 spiro atoms. The summed E-state index contributed by atoms with van der Waals surface area (Å²) in [4.78, 5) is 3.89. The number of nitrogens with zero attached hydrogens (tertiary/aromatic N) is 3. The Bertz CT molecular complexity index is 655. The predicted molar refractivity (Wildman–Crippen MR) is 85.0 cm³/mol. The lowest BCUT2D eigenvalue weighted by Crippen LogP contribution is -2.01. The molecule has 1 heterocycles. The minimum atomic E-state index is 0.357. The fourth-order valence-corrected chi connectivity index (χ4v) is 1.98. The first-order valence-corrected chi connectivity index (χ1v) is 7.44. The second kappa shape index (κ2) is 9.07. The predicted octanol–water partition coefficient (Wildman–Crippen LogP) is 3.45. The molecule has 0 saturated heterocycles. The number of rotatable bonds is 8. The Balaban J connectivity index is 1.59. The lowest BCUT2D eigenvalue weighted by molar-refractivity contribution is 0.279. The van der Waals surface area contributed by atoms with Gasteiger partial charge in [-0.15, -0.1) is 0 Å². The zero-order valence-electron chi connectivity index (χ0n) is 12.7. The van der Waals surface area contributed by atoms with E-state index in [4.69, 9.17) is 20.0 Å². The highest BCUT2D eigenvalue weighted by atomic mass is 16.5. The smallest absolute Gasteiger partial charge is 0.144 e. The summed E-state index contributed by atoms with van der Waals surface area (Å²) in [6.07, 6.45) is 4.37. The number of hydrogen-bond donors (Lipinski definition) is 0. The summed E-state index contributed by atoms with van der Waals surface area (Å²) in [5, 5.41) is 17.6. The van der Waals surface area contributed by atoms with Crippen LogP contribution < -0.4 is 9.47 Å². The highest BCUT2D eigenvalue weighted by Gasteiger charge is 1.99. The van der Waals surface area contributed by atoms with Gasteiger partial charge in [0.25, 0.3) is 0 Å². The largest absolute Gasteiger partial charge is 0.494 e. The summed E-state index contributed by atoms with van der Waals surface area (Å²) in [6.45, 7) is 1.21. The standard InChI is InChI=1S/C18H17N3O2/c19-13-15-5-4-6-17(11-15)22-9-2-1-3-10-23-18-7-8-21-16(12-18)14-20/h4-8,11-12H,1-3,9-10H2. The molecular formula is C18H17N3O2.